The monoisotopic (exact) mass is 398 g/mol. The lowest BCUT2D eigenvalue weighted by Crippen LogP contribution is -2.19. The third kappa shape index (κ3) is 4.28. The van der Waals surface area contributed by atoms with Gasteiger partial charge in [0.1, 0.15) is 11.5 Å². The van der Waals surface area contributed by atoms with Crippen molar-refractivity contribution in [3.05, 3.63) is 95.7 Å². The lowest BCUT2D eigenvalue weighted by Gasteiger charge is -2.05. The largest absolute Gasteiger partial charge is 0.478 e. The van der Waals surface area contributed by atoms with Crippen LogP contribution in [0.2, 0.25) is 0 Å². The molecule has 0 aliphatic rings. The van der Waals surface area contributed by atoms with Crippen molar-refractivity contribution in [1.29, 1.82) is 0 Å². The molecular formula is C24H18N2O4. The fraction of sp³-hybridized carbons (Fsp3) is 0.0417. The van der Waals surface area contributed by atoms with E-state index in [-0.39, 0.29) is 17.9 Å². The Morgan fingerprint density at radius 2 is 1.77 bits per heavy atom. The molecule has 0 radical (unpaired) electrons. The number of hydrogen-bond acceptors (Lipinski definition) is 4. The Bertz CT molecular complexity index is 1250. The normalized spacial score (nSPS) is 11.1. The van der Waals surface area contributed by atoms with E-state index in [0.29, 0.717) is 17.1 Å². The number of carboxylic acid groups (broad SMARTS) is 1. The fourth-order valence-corrected chi connectivity index (χ4v) is 3.21. The lowest BCUT2D eigenvalue weighted by atomic mass is 10.0. The van der Waals surface area contributed by atoms with Gasteiger partial charge in [-0.25, -0.2) is 10.2 Å². The molecule has 1 aromatic heterocycles. The number of fused-ring (bicyclic) bond motifs is 1. The van der Waals surface area contributed by atoms with Crippen LogP contribution in [0.5, 0.6) is 0 Å². The Morgan fingerprint density at radius 1 is 0.967 bits per heavy atom. The van der Waals surface area contributed by atoms with Crippen molar-refractivity contribution in [3.63, 3.8) is 0 Å². The molecule has 0 aliphatic carbocycles. The van der Waals surface area contributed by atoms with Crippen LogP contribution in [0.3, 0.4) is 0 Å². The highest BCUT2D eigenvalue weighted by molar-refractivity contribution is 5.91. The van der Waals surface area contributed by atoms with E-state index >= 15 is 0 Å². The SMILES string of the molecule is O=C(Cc1cccc2ccccc12)NN=Cc1ccc(-c2cccc(C(=O)O)c2)o1. The Balaban J connectivity index is 1.41. The van der Waals surface area contributed by atoms with Gasteiger partial charge in [0.05, 0.1) is 18.2 Å². The first-order chi connectivity index (χ1) is 14.6. The first-order valence-electron chi connectivity index (χ1n) is 9.32. The summed E-state index contributed by atoms with van der Waals surface area (Å²) in [5.41, 5.74) is 4.27. The first kappa shape index (κ1) is 19.1. The standard InChI is InChI=1S/C24H18N2O4/c27-23(14-17-7-3-6-16-5-1-2-10-21(16)17)26-25-15-20-11-12-22(30-20)18-8-4-9-19(13-18)24(28)29/h1-13,15H,14H2,(H,26,27)(H,28,29). The second-order valence-electron chi connectivity index (χ2n) is 6.70. The first-order valence-corrected chi connectivity index (χ1v) is 9.32. The molecule has 0 saturated heterocycles. The van der Waals surface area contributed by atoms with E-state index < -0.39 is 5.97 Å². The van der Waals surface area contributed by atoms with E-state index in [1.807, 2.05) is 42.5 Å². The van der Waals surface area contributed by atoms with Crippen LogP contribution in [0.4, 0.5) is 0 Å². The molecule has 0 unspecified atom stereocenters. The summed E-state index contributed by atoms with van der Waals surface area (Å²) in [7, 11) is 0. The molecule has 0 atom stereocenters. The maximum absolute atomic E-state index is 12.3. The molecule has 0 spiro atoms. The van der Waals surface area contributed by atoms with Gasteiger partial charge in [0.15, 0.2) is 0 Å². The Morgan fingerprint density at radius 3 is 2.63 bits per heavy atom. The highest BCUT2D eigenvalue weighted by Gasteiger charge is 2.09. The van der Waals surface area contributed by atoms with Gasteiger partial charge >= 0.3 is 5.97 Å². The van der Waals surface area contributed by atoms with Gasteiger partial charge in [-0.1, -0.05) is 54.6 Å². The van der Waals surface area contributed by atoms with Crippen LogP contribution >= 0.6 is 0 Å². The number of rotatable bonds is 6. The predicted molar refractivity (Wildman–Crippen MR) is 114 cm³/mol. The quantitative estimate of drug-likeness (QED) is 0.370. The Hall–Kier alpha value is -4.19. The number of nitrogens with one attached hydrogen (secondary N) is 1. The predicted octanol–water partition coefficient (Wildman–Crippen LogP) is 4.49. The number of amides is 1. The zero-order valence-corrected chi connectivity index (χ0v) is 15.9. The van der Waals surface area contributed by atoms with Gasteiger partial charge in [-0.05, 0) is 40.6 Å². The van der Waals surface area contributed by atoms with Gasteiger partial charge in [-0.2, -0.15) is 5.10 Å². The van der Waals surface area contributed by atoms with E-state index in [2.05, 4.69) is 10.5 Å². The number of furan rings is 1. The van der Waals surface area contributed by atoms with Gasteiger partial charge < -0.3 is 9.52 Å². The minimum atomic E-state index is -1.00. The third-order valence-electron chi connectivity index (χ3n) is 4.63. The number of carboxylic acids is 1. The van der Waals surface area contributed by atoms with Gasteiger partial charge in [-0.3, -0.25) is 4.79 Å². The molecule has 1 amide bonds. The van der Waals surface area contributed by atoms with Crippen LogP contribution in [-0.2, 0) is 11.2 Å². The molecule has 3 aromatic carbocycles. The summed E-state index contributed by atoms with van der Waals surface area (Å²) in [6.45, 7) is 0. The molecule has 148 valence electrons. The number of nitrogens with zero attached hydrogens (tertiary/aromatic N) is 1. The summed E-state index contributed by atoms with van der Waals surface area (Å²) >= 11 is 0. The van der Waals surface area contributed by atoms with Crippen molar-refractivity contribution in [1.82, 2.24) is 5.43 Å². The fourth-order valence-electron chi connectivity index (χ4n) is 3.21. The molecule has 4 aromatic rings. The molecule has 6 nitrogen and oxygen atoms in total. The number of carbonyl (C=O) groups excluding carboxylic acids is 1. The molecule has 1 heterocycles. The average Bonchev–Trinajstić information content (AvgIpc) is 3.23. The van der Waals surface area contributed by atoms with Crippen molar-refractivity contribution in [3.8, 4) is 11.3 Å². The smallest absolute Gasteiger partial charge is 0.335 e. The Kier molecular flexibility index (Phi) is 5.39. The zero-order chi connectivity index (χ0) is 20.9. The summed E-state index contributed by atoms with van der Waals surface area (Å²) in [6.07, 6.45) is 1.62. The topological polar surface area (TPSA) is 91.9 Å². The summed E-state index contributed by atoms with van der Waals surface area (Å²) in [5.74, 6) is -0.277. The van der Waals surface area contributed by atoms with E-state index in [1.54, 1.807) is 24.3 Å². The van der Waals surface area contributed by atoms with Crippen LogP contribution in [0.15, 0.2) is 88.4 Å². The van der Waals surface area contributed by atoms with Crippen molar-refractivity contribution < 1.29 is 19.1 Å². The zero-order valence-electron chi connectivity index (χ0n) is 15.9. The number of carbonyl (C=O) groups is 2. The maximum Gasteiger partial charge on any atom is 0.335 e. The second kappa shape index (κ2) is 8.45. The molecule has 2 N–H and O–H groups in total. The number of hydrazone groups is 1. The van der Waals surface area contributed by atoms with Crippen LogP contribution in [-0.4, -0.2) is 23.2 Å². The van der Waals surface area contributed by atoms with E-state index in [0.717, 1.165) is 16.3 Å². The minimum absolute atomic E-state index is 0.180. The highest BCUT2D eigenvalue weighted by Crippen LogP contribution is 2.23. The summed E-state index contributed by atoms with van der Waals surface area (Å²) in [6, 6.07) is 23.7. The number of aromatic carboxylic acids is 1. The van der Waals surface area contributed by atoms with E-state index in [4.69, 9.17) is 9.52 Å². The molecule has 0 fully saturated rings. The van der Waals surface area contributed by atoms with Crippen LogP contribution < -0.4 is 5.43 Å². The van der Waals surface area contributed by atoms with Crippen molar-refractivity contribution in [2.24, 2.45) is 5.10 Å². The van der Waals surface area contributed by atoms with Crippen molar-refractivity contribution in [2.45, 2.75) is 6.42 Å². The van der Waals surface area contributed by atoms with Crippen LogP contribution in [0.1, 0.15) is 21.7 Å². The van der Waals surface area contributed by atoms with Gasteiger partial charge in [0, 0.05) is 5.56 Å². The van der Waals surface area contributed by atoms with Crippen molar-refractivity contribution in [2.75, 3.05) is 0 Å². The molecular weight excluding hydrogens is 380 g/mol. The number of hydrogen-bond donors (Lipinski definition) is 2. The van der Waals surface area contributed by atoms with Gasteiger partial charge in [0.2, 0.25) is 5.91 Å². The minimum Gasteiger partial charge on any atom is -0.478 e. The van der Waals surface area contributed by atoms with Gasteiger partial charge in [0.25, 0.3) is 0 Å². The number of benzene rings is 3. The summed E-state index contributed by atoms with van der Waals surface area (Å²) < 4.78 is 5.67. The van der Waals surface area contributed by atoms with E-state index in [1.165, 1.54) is 18.3 Å². The van der Waals surface area contributed by atoms with E-state index in [9.17, 15) is 9.59 Å². The second-order valence-corrected chi connectivity index (χ2v) is 6.70. The highest BCUT2D eigenvalue weighted by atomic mass is 16.4. The molecule has 6 heteroatoms. The van der Waals surface area contributed by atoms with Crippen LogP contribution in [0.25, 0.3) is 22.1 Å². The molecule has 0 bridgehead atoms. The molecule has 0 saturated carbocycles. The molecule has 0 aliphatic heterocycles. The molecule has 30 heavy (non-hydrogen) atoms. The van der Waals surface area contributed by atoms with Crippen molar-refractivity contribution >= 4 is 28.9 Å². The third-order valence-corrected chi connectivity index (χ3v) is 4.63. The summed E-state index contributed by atoms with van der Waals surface area (Å²) in [4.78, 5) is 23.4. The van der Waals surface area contributed by atoms with Gasteiger partial charge in [-0.15, -0.1) is 0 Å². The Labute approximate surface area is 172 Å². The average molecular weight is 398 g/mol. The lowest BCUT2D eigenvalue weighted by molar-refractivity contribution is -0.120. The van der Waals surface area contributed by atoms with Crippen LogP contribution in [0, 0.1) is 0 Å². The molecule has 4 rings (SSSR count). The summed E-state index contributed by atoms with van der Waals surface area (Å²) in [5, 5.41) is 15.2. The maximum atomic E-state index is 12.3.